The van der Waals surface area contributed by atoms with Crippen molar-refractivity contribution in [3.63, 3.8) is 0 Å². The molecule has 1 aliphatic rings. The van der Waals surface area contributed by atoms with Gasteiger partial charge >= 0.3 is 6.18 Å². The molecule has 0 heterocycles. The van der Waals surface area contributed by atoms with E-state index in [-0.39, 0.29) is 24.9 Å². The van der Waals surface area contributed by atoms with Crippen LogP contribution in [0.15, 0.2) is 0 Å². The first-order valence-corrected chi connectivity index (χ1v) is 5.75. The number of nitrogens with one attached hydrogen (secondary N) is 2. The van der Waals surface area contributed by atoms with Crippen LogP contribution in [-0.2, 0) is 4.79 Å². The van der Waals surface area contributed by atoms with Crippen LogP contribution in [0.3, 0.4) is 0 Å². The third-order valence-corrected chi connectivity index (χ3v) is 3.24. The summed E-state index contributed by atoms with van der Waals surface area (Å²) >= 11 is 0. The minimum Gasteiger partial charge on any atom is -0.350 e. The van der Waals surface area contributed by atoms with Crippen molar-refractivity contribution >= 4 is 5.91 Å². The van der Waals surface area contributed by atoms with Crippen molar-refractivity contribution < 1.29 is 18.0 Å². The lowest BCUT2D eigenvalue weighted by molar-refractivity contribution is -0.166. The van der Waals surface area contributed by atoms with Gasteiger partial charge in [0.25, 0.3) is 0 Å². The summed E-state index contributed by atoms with van der Waals surface area (Å²) in [4.78, 5) is 11.5. The Morgan fingerprint density at radius 3 is 2.18 bits per heavy atom. The van der Waals surface area contributed by atoms with E-state index < -0.39 is 17.6 Å². The molecule has 0 radical (unpaired) electrons. The van der Waals surface area contributed by atoms with Gasteiger partial charge in [-0.2, -0.15) is 13.2 Å². The molecule has 6 heteroatoms. The van der Waals surface area contributed by atoms with Crippen LogP contribution in [0.25, 0.3) is 0 Å². The topological polar surface area (TPSA) is 41.1 Å². The second-order valence-corrected chi connectivity index (χ2v) is 5.22. The van der Waals surface area contributed by atoms with Crippen molar-refractivity contribution in [2.45, 2.75) is 57.3 Å². The molecule has 1 rings (SSSR count). The summed E-state index contributed by atoms with van der Waals surface area (Å²) in [6.45, 7) is 5.29. The molecule has 0 unspecified atom stereocenters. The maximum Gasteiger partial charge on any atom is 0.406 e. The van der Waals surface area contributed by atoms with Crippen LogP contribution in [0, 0.1) is 0 Å². The molecule has 3 nitrogen and oxygen atoms in total. The quantitative estimate of drug-likeness (QED) is 0.785. The number of hydrogen-bond donors (Lipinski definition) is 2. The van der Waals surface area contributed by atoms with Crippen molar-refractivity contribution in [1.29, 1.82) is 0 Å². The van der Waals surface area contributed by atoms with E-state index in [0.29, 0.717) is 0 Å². The van der Waals surface area contributed by atoms with Gasteiger partial charge in [-0.25, -0.2) is 0 Å². The predicted octanol–water partition coefficient (Wildman–Crippen LogP) is 1.98. The Bertz CT molecular complexity index is 296. The first-order chi connectivity index (χ1) is 7.62. The van der Waals surface area contributed by atoms with Gasteiger partial charge in [0.15, 0.2) is 0 Å². The standard InChI is InChI=1S/C11H19F3N2O/c1-4-9(2,3)16-8(17)7-15-10(5-6-10)11(12,13)14/h15H,4-7H2,1-3H3,(H,16,17). The number of carbonyl (C=O) groups excluding carboxylic acids is 1. The fourth-order valence-electron chi connectivity index (χ4n) is 1.44. The molecule has 2 N–H and O–H groups in total. The van der Waals surface area contributed by atoms with E-state index >= 15 is 0 Å². The summed E-state index contributed by atoms with van der Waals surface area (Å²) in [6.07, 6.45) is -3.43. The second-order valence-electron chi connectivity index (χ2n) is 5.22. The highest BCUT2D eigenvalue weighted by Crippen LogP contribution is 2.48. The van der Waals surface area contributed by atoms with Crippen LogP contribution in [0.5, 0.6) is 0 Å². The molecule has 0 spiro atoms. The predicted molar refractivity (Wildman–Crippen MR) is 58.5 cm³/mol. The summed E-state index contributed by atoms with van der Waals surface area (Å²) in [5.41, 5.74) is -2.20. The highest BCUT2D eigenvalue weighted by molar-refractivity contribution is 5.78. The molecule has 0 aromatic carbocycles. The Morgan fingerprint density at radius 2 is 1.82 bits per heavy atom. The van der Waals surface area contributed by atoms with E-state index in [0.717, 1.165) is 6.42 Å². The average Bonchev–Trinajstić information content (AvgIpc) is 2.94. The van der Waals surface area contributed by atoms with Gasteiger partial charge in [0.1, 0.15) is 5.54 Å². The molecule has 1 saturated carbocycles. The highest BCUT2D eigenvalue weighted by atomic mass is 19.4. The van der Waals surface area contributed by atoms with Crippen LogP contribution in [0.4, 0.5) is 13.2 Å². The number of rotatable bonds is 5. The molecular formula is C11H19F3N2O. The number of amides is 1. The summed E-state index contributed by atoms with van der Waals surface area (Å²) in [5.74, 6) is -0.396. The monoisotopic (exact) mass is 252 g/mol. The van der Waals surface area contributed by atoms with Crippen LogP contribution >= 0.6 is 0 Å². The van der Waals surface area contributed by atoms with Gasteiger partial charge < -0.3 is 5.32 Å². The fourth-order valence-corrected chi connectivity index (χ4v) is 1.44. The molecule has 100 valence electrons. The zero-order chi connectivity index (χ0) is 13.3. The molecule has 1 aliphatic carbocycles. The first kappa shape index (κ1) is 14.3. The van der Waals surface area contributed by atoms with Gasteiger partial charge in [0, 0.05) is 5.54 Å². The van der Waals surface area contributed by atoms with Crippen molar-refractivity contribution in [3.8, 4) is 0 Å². The normalized spacial score (nSPS) is 18.9. The van der Waals surface area contributed by atoms with Crippen LogP contribution in [0.2, 0.25) is 0 Å². The van der Waals surface area contributed by atoms with E-state index in [1.54, 1.807) is 0 Å². The Labute approximate surface area is 99.1 Å². The maximum absolute atomic E-state index is 12.6. The third kappa shape index (κ3) is 3.59. The zero-order valence-corrected chi connectivity index (χ0v) is 10.4. The van der Waals surface area contributed by atoms with Gasteiger partial charge in [0.05, 0.1) is 6.54 Å². The number of carbonyl (C=O) groups is 1. The largest absolute Gasteiger partial charge is 0.406 e. The molecule has 1 amide bonds. The number of halogens is 3. The van der Waals surface area contributed by atoms with E-state index in [2.05, 4.69) is 10.6 Å². The fraction of sp³-hybridized carbons (Fsp3) is 0.909. The van der Waals surface area contributed by atoms with Crippen molar-refractivity contribution in [2.24, 2.45) is 0 Å². The third-order valence-electron chi connectivity index (χ3n) is 3.24. The van der Waals surface area contributed by atoms with Crippen LogP contribution in [0.1, 0.15) is 40.0 Å². The second kappa shape index (κ2) is 4.48. The van der Waals surface area contributed by atoms with Crippen LogP contribution in [-0.4, -0.2) is 29.7 Å². The van der Waals surface area contributed by atoms with Crippen LogP contribution < -0.4 is 10.6 Å². The Balaban J connectivity index is 2.40. The molecule has 0 saturated heterocycles. The lowest BCUT2D eigenvalue weighted by atomic mass is 10.0. The highest BCUT2D eigenvalue weighted by Gasteiger charge is 2.63. The number of alkyl halides is 3. The maximum atomic E-state index is 12.6. The summed E-state index contributed by atoms with van der Waals surface area (Å²) < 4.78 is 37.7. The van der Waals surface area contributed by atoms with Gasteiger partial charge in [-0.3, -0.25) is 10.1 Å². The molecule has 17 heavy (non-hydrogen) atoms. The average molecular weight is 252 g/mol. The van der Waals surface area contributed by atoms with Gasteiger partial charge in [-0.15, -0.1) is 0 Å². The summed E-state index contributed by atoms with van der Waals surface area (Å²) in [5, 5.41) is 5.01. The number of hydrogen-bond acceptors (Lipinski definition) is 2. The Morgan fingerprint density at radius 1 is 1.29 bits per heavy atom. The van der Waals surface area contributed by atoms with Crippen molar-refractivity contribution in [1.82, 2.24) is 10.6 Å². The van der Waals surface area contributed by atoms with Crippen molar-refractivity contribution in [3.05, 3.63) is 0 Å². The van der Waals surface area contributed by atoms with E-state index in [1.807, 2.05) is 20.8 Å². The van der Waals surface area contributed by atoms with E-state index in [9.17, 15) is 18.0 Å². The summed E-state index contributed by atoms with van der Waals surface area (Å²) in [6, 6.07) is 0. The molecule has 0 bridgehead atoms. The van der Waals surface area contributed by atoms with Crippen molar-refractivity contribution in [2.75, 3.05) is 6.54 Å². The lowest BCUT2D eigenvalue weighted by Crippen LogP contribution is -2.52. The molecule has 1 fully saturated rings. The summed E-state index contributed by atoms with van der Waals surface area (Å²) in [7, 11) is 0. The first-order valence-electron chi connectivity index (χ1n) is 5.75. The zero-order valence-electron chi connectivity index (χ0n) is 10.4. The molecule has 0 atom stereocenters. The Kier molecular flexibility index (Phi) is 3.76. The van der Waals surface area contributed by atoms with Gasteiger partial charge in [0.2, 0.25) is 5.91 Å². The minimum atomic E-state index is -4.27. The molecule has 0 aromatic rings. The Hall–Kier alpha value is -0.780. The SMILES string of the molecule is CCC(C)(C)NC(=O)CNC1(C(F)(F)F)CC1. The smallest absolute Gasteiger partial charge is 0.350 e. The van der Waals surface area contributed by atoms with Gasteiger partial charge in [-0.05, 0) is 33.1 Å². The molecular weight excluding hydrogens is 233 g/mol. The lowest BCUT2D eigenvalue weighted by Gasteiger charge is -2.26. The molecule has 0 aromatic heterocycles. The molecule has 0 aliphatic heterocycles. The van der Waals surface area contributed by atoms with E-state index in [1.165, 1.54) is 0 Å². The van der Waals surface area contributed by atoms with E-state index in [4.69, 9.17) is 0 Å². The minimum absolute atomic E-state index is 0.0565. The van der Waals surface area contributed by atoms with Gasteiger partial charge in [-0.1, -0.05) is 6.92 Å².